The van der Waals surface area contributed by atoms with E-state index in [0.29, 0.717) is 12.0 Å². The summed E-state index contributed by atoms with van der Waals surface area (Å²) in [5.41, 5.74) is 2.48. The van der Waals surface area contributed by atoms with Gasteiger partial charge in [-0.2, -0.15) is 0 Å². The molecule has 7 heteroatoms. The molecule has 2 rings (SSSR count). The van der Waals surface area contributed by atoms with Crippen LogP contribution in [-0.2, 0) is 4.79 Å². The summed E-state index contributed by atoms with van der Waals surface area (Å²) in [5, 5.41) is 13.4. The molecule has 0 aliphatic carbocycles. The normalized spacial score (nSPS) is 10.1. The van der Waals surface area contributed by atoms with Crippen LogP contribution in [0.1, 0.15) is 21.5 Å². The van der Waals surface area contributed by atoms with Crippen molar-refractivity contribution in [3.8, 4) is 5.75 Å². The van der Waals surface area contributed by atoms with Crippen molar-refractivity contribution >= 4 is 23.6 Å². The molecule has 0 aliphatic heterocycles. The third-order valence-electron chi connectivity index (χ3n) is 3.35. The number of rotatable bonds is 6. The van der Waals surface area contributed by atoms with Crippen LogP contribution in [0.15, 0.2) is 36.4 Å². The summed E-state index contributed by atoms with van der Waals surface area (Å²) in [6, 6.07) is 9.23. The van der Waals surface area contributed by atoms with Crippen LogP contribution in [0.2, 0.25) is 0 Å². The van der Waals surface area contributed by atoms with Crippen molar-refractivity contribution in [2.45, 2.75) is 13.8 Å². The van der Waals surface area contributed by atoms with E-state index in [0.717, 1.165) is 17.2 Å². The van der Waals surface area contributed by atoms with Gasteiger partial charge in [0.25, 0.3) is 11.6 Å². The minimum absolute atomic E-state index is 0.0171. The van der Waals surface area contributed by atoms with Gasteiger partial charge in [0.2, 0.25) is 0 Å². The number of amides is 1. The number of nitro benzene ring substituents is 1. The van der Waals surface area contributed by atoms with Gasteiger partial charge in [0.15, 0.2) is 12.9 Å². The van der Waals surface area contributed by atoms with Crippen LogP contribution in [0.25, 0.3) is 0 Å². The largest absolute Gasteiger partial charge is 0.483 e. The van der Waals surface area contributed by atoms with Crippen molar-refractivity contribution in [2.75, 3.05) is 11.9 Å². The fourth-order valence-corrected chi connectivity index (χ4v) is 2.16. The van der Waals surface area contributed by atoms with Crippen LogP contribution in [-0.4, -0.2) is 23.7 Å². The quantitative estimate of drug-likeness (QED) is 0.499. The second kappa shape index (κ2) is 7.36. The van der Waals surface area contributed by atoms with E-state index in [2.05, 4.69) is 5.32 Å². The Hall–Kier alpha value is -3.22. The number of ether oxygens (including phenoxy) is 1. The Bertz CT molecular complexity index is 802. The van der Waals surface area contributed by atoms with E-state index in [4.69, 9.17) is 4.74 Å². The molecule has 2 aromatic rings. The van der Waals surface area contributed by atoms with Crippen LogP contribution in [0.3, 0.4) is 0 Å². The topological polar surface area (TPSA) is 98.5 Å². The van der Waals surface area contributed by atoms with E-state index in [-0.39, 0.29) is 23.6 Å². The lowest BCUT2D eigenvalue weighted by Crippen LogP contribution is -2.21. The summed E-state index contributed by atoms with van der Waals surface area (Å²) >= 11 is 0. The molecule has 0 heterocycles. The first-order chi connectivity index (χ1) is 11.4. The van der Waals surface area contributed by atoms with Crippen molar-refractivity contribution in [3.05, 3.63) is 63.2 Å². The Morgan fingerprint density at radius 1 is 1.25 bits per heavy atom. The molecule has 0 spiro atoms. The lowest BCUT2D eigenvalue weighted by molar-refractivity contribution is -0.384. The standard InChI is InChI=1S/C17H16N2O5/c1-11-3-5-15(12(2)7-11)18-17(21)10-24-16-6-4-14(19(22)23)8-13(16)9-20/h3-9H,10H2,1-2H3,(H,18,21). The number of benzene rings is 2. The monoisotopic (exact) mass is 328 g/mol. The summed E-state index contributed by atoms with van der Waals surface area (Å²) in [6.07, 6.45) is 0.449. The molecular weight excluding hydrogens is 312 g/mol. The third-order valence-corrected chi connectivity index (χ3v) is 3.35. The van der Waals surface area contributed by atoms with Gasteiger partial charge >= 0.3 is 0 Å². The van der Waals surface area contributed by atoms with Crippen LogP contribution in [0.5, 0.6) is 5.75 Å². The molecule has 1 amide bonds. The van der Waals surface area contributed by atoms with E-state index < -0.39 is 10.8 Å². The van der Waals surface area contributed by atoms with E-state index in [1.807, 2.05) is 26.0 Å². The lowest BCUT2D eigenvalue weighted by atomic mass is 10.1. The first-order valence-electron chi connectivity index (χ1n) is 7.14. The summed E-state index contributed by atoms with van der Waals surface area (Å²) in [5.74, 6) is -0.275. The predicted octanol–water partition coefficient (Wildman–Crippen LogP) is 3.04. The number of hydrogen-bond donors (Lipinski definition) is 1. The second-order valence-corrected chi connectivity index (χ2v) is 5.25. The first kappa shape index (κ1) is 17.1. The highest BCUT2D eigenvalue weighted by molar-refractivity contribution is 5.92. The molecule has 2 aromatic carbocycles. The molecule has 0 aromatic heterocycles. The third kappa shape index (κ3) is 4.16. The number of anilines is 1. The Balaban J connectivity index is 2.03. The Morgan fingerprint density at radius 3 is 2.62 bits per heavy atom. The molecule has 0 aliphatic rings. The lowest BCUT2D eigenvalue weighted by Gasteiger charge is -2.11. The molecule has 24 heavy (non-hydrogen) atoms. The van der Waals surface area contributed by atoms with Gasteiger partial charge < -0.3 is 10.1 Å². The minimum atomic E-state index is -0.607. The molecule has 0 unspecified atom stereocenters. The molecule has 0 radical (unpaired) electrons. The van der Waals surface area contributed by atoms with Crippen LogP contribution < -0.4 is 10.1 Å². The second-order valence-electron chi connectivity index (χ2n) is 5.25. The molecule has 0 fully saturated rings. The molecule has 0 saturated heterocycles. The van der Waals surface area contributed by atoms with Gasteiger partial charge in [-0.1, -0.05) is 17.7 Å². The maximum Gasteiger partial charge on any atom is 0.270 e. The summed E-state index contributed by atoms with van der Waals surface area (Å²) in [7, 11) is 0. The van der Waals surface area contributed by atoms with Crippen molar-refractivity contribution in [1.29, 1.82) is 0 Å². The Kier molecular flexibility index (Phi) is 5.26. The van der Waals surface area contributed by atoms with Gasteiger partial charge in [0.1, 0.15) is 5.75 Å². The smallest absolute Gasteiger partial charge is 0.270 e. The average Bonchev–Trinajstić information content (AvgIpc) is 2.55. The van der Waals surface area contributed by atoms with E-state index in [9.17, 15) is 19.7 Å². The molecule has 0 saturated carbocycles. The van der Waals surface area contributed by atoms with Crippen molar-refractivity contribution in [3.63, 3.8) is 0 Å². The van der Waals surface area contributed by atoms with Crippen molar-refractivity contribution < 1.29 is 19.2 Å². The minimum Gasteiger partial charge on any atom is -0.483 e. The zero-order chi connectivity index (χ0) is 17.7. The molecule has 0 bridgehead atoms. The maximum atomic E-state index is 12.0. The zero-order valence-electron chi connectivity index (χ0n) is 13.2. The van der Waals surface area contributed by atoms with E-state index in [1.165, 1.54) is 12.1 Å². The number of aryl methyl sites for hydroxylation is 2. The molecule has 124 valence electrons. The maximum absolute atomic E-state index is 12.0. The molecular formula is C17H16N2O5. The van der Waals surface area contributed by atoms with Crippen LogP contribution >= 0.6 is 0 Å². The van der Waals surface area contributed by atoms with Crippen molar-refractivity contribution in [2.24, 2.45) is 0 Å². The molecule has 7 nitrogen and oxygen atoms in total. The number of nitrogens with one attached hydrogen (secondary N) is 1. The predicted molar refractivity (Wildman–Crippen MR) is 88.5 cm³/mol. The Morgan fingerprint density at radius 2 is 2.00 bits per heavy atom. The Labute approximate surface area is 138 Å². The van der Waals surface area contributed by atoms with Crippen molar-refractivity contribution in [1.82, 2.24) is 0 Å². The van der Waals surface area contributed by atoms with Gasteiger partial charge in [0.05, 0.1) is 10.5 Å². The van der Waals surface area contributed by atoms with Gasteiger partial charge in [0, 0.05) is 17.8 Å². The number of non-ortho nitro benzene ring substituents is 1. The van der Waals surface area contributed by atoms with Gasteiger partial charge in [-0.05, 0) is 31.5 Å². The van der Waals surface area contributed by atoms with Gasteiger partial charge in [-0.25, -0.2) is 0 Å². The van der Waals surface area contributed by atoms with Gasteiger partial charge in [-0.15, -0.1) is 0 Å². The summed E-state index contributed by atoms with van der Waals surface area (Å²) < 4.78 is 5.29. The van der Waals surface area contributed by atoms with Crippen LogP contribution in [0, 0.1) is 24.0 Å². The highest BCUT2D eigenvalue weighted by Crippen LogP contribution is 2.23. The van der Waals surface area contributed by atoms with E-state index in [1.54, 1.807) is 6.07 Å². The number of carbonyl (C=O) groups is 2. The highest BCUT2D eigenvalue weighted by atomic mass is 16.6. The molecule has 1 N–H and O–H groups in total. The zero-order valence-corrected chi connectivity index (χ0v) is 13.2. The summed E-state index contributed by atoms with van der Waals surface area (Å²) in [4.78, 5) is 33.1. The number of carbonyl (C=O) groups excluding carboxylic acids is 2. The SMILES string of the molecule is Cc1ccc(NC(=O)COc2ccc([N+](=O)[O-])cc2C=O)c(C)c1. The highest BCUT2D eigenvalue weighted by Gasteiger charge is 2.13. The van der Waals surface area contributed by atoms with Gasteiger partial charge in [-0.3, -0.25) is 19.7 Å². The van der Waals surface area contributed by atoms with E-state index >= 15 is 0 Å². The first-order valence-corrected chi connectivity index (χ1v) is 7.14. The fourth-order valence-electron chi connectivity index (χ4n) is 2.16. The fraction of sp³-hybridized carbons (Fsp3) is 0.176. The number of aldehydes is 1. The number of hydrogen-bond acceptors (Lipinski definition) is 5. The summed E-state index contributed by atoms with van der Waals surface area (Å²) in [6.45, 7) is 3.52. The molecule has 0 atom stereocenters. The number of nitro groups is 1. The number of nitrogens with zero attached hydrogens (tertiary/aromatic N) is 1. The average molecular weight is 328 g/mol. The van der Waals surface area contributed by atoms with Crippen LogP contribution in [0.4, 0.5) is 11.4 Å².